The highest BCUT2D eigenvalue weighted by molar-refractivity contribution is 6.20. The van der Waals surface area contributed by atoms with Crippen LogP contribution >= 0.6 is 0 Å². The molecule has 5 heteroatoms. The molecule has 1 aliphatic rings. The molecule has 0 atom stereocenters. The van der Waals surface area contributed by atoms with Gasteiger partial charge in [-0.2, -0.15) is 5.26 Å². The highest BCUT2D eigenvalue weighted by Crippen LogP contribution is 2.25. The number of nitrogens with zero attached hydrogens (tertiary/aromatic N) is 2. The van der Waals surface area contributed by atoms with Gasteiger partial charge in [-0.3, -0.25) is 4.79 Å². The molecule has 0 radical (unpaired) electrons. The quantitative estimate of drug-likeness (QED) is 0.403. The molecule has 1 N–H and O–H groups in total. The van der Waals surface area contributed by atoms with Crippen molar-refractivity contribution in [1.82, 2.24) is 4.98 Å². The van der Waals surface area contributed by atoms with Crippen molar-refractivity contribution < 1.29 is 9.53 Å². The number of para-hydroxylation sites is 1. The summed E-state index contributed by atoms with van der Waals surface area (Å²) in [4.78, 5) is 18.5. The Labute approximate surface area is 170 Å². The van der Waals surface area contributed by atoms with Gasteiger partial charge < -0.3 is 14.6 Å². The lowest BCUT2D eigenvalue weighted by Crippen LogP contribution is -2.36. The van der Waals surface area contributed by atoms with Gasteiger partial charge in [-0.1, -0.05) is 37.3 Å². The lowest BCUT2D eigenvalue weighted by atomic mass is 9.99. The number of rotatable bonds is 5. The number of aryl methyl sites for hydroxylation is 1. The minimum Gasteiger partial charge on any atom is -0.378 e. The summed E-state index contributed by atoms with van der Waals surface area (Å²) in [5.74, 6) is -0.260. The van der Waals surface area contributed by atoms with Crippen LogP contribution in [0.5, 0.6) is 0 Å². The van der Waals surface area contributed by atoms with Gasteiger partial charge in [0.2, 0.25) is 5.78 Å². The molecule has 3 aromatic rings. The normalized spacial score (nSPS) is 14.8. The Morgan fingerprint density at radius 1 is 1.21 bits per heavy atom. The molecule has 1 fully saturated rings. The number of anilines is 1. The minimum absolute atomic E-state index is 0.131. The molecule has 1 aliphatic heterocycles. The molecular formula is C24H23N3O2. The van der Waals surface area contributed by atoms with Crippen LogP contribution in [0.3, 0.4) is 0 Å². The number of carbonyl (C=O) groups is 1. The number of hydrogen-bond acceptors (Lipinski definition) is 4. The number of carbonyl (C=O) groups excluding carboxylic acids is 1. The van der Waals surface area contributed by atoms with E-state index in [1.807, 2.05) is 42.5 Å². The number of Topliss-reactive ketones (excluding diaryl/α,β-unsaturated/α-hetero) is 1. The van der Waals surface area contributed by atoms with Crippen molar-refractivity contribution in [3.8, 4) is 6.07 Å². The molecular weight excluding hydrogens is 362 g/mol. The van der Waals surface area contributed by atoms with Crippen LogP contribution in [0.4, 0.5) is 5.69 Å². The van der Waals surface area contributed by atoms with Crippen molar-refractivity contribution in [2.75, 3.05) is 31.2 Å². The number of aromatic amines is 1. The zero-order chi connectivity index (χ0) is 20.2. The maximum Gasteiger partial charge on any atom is 0.205 e. The zero-order valence-electron chi connectivity index (χ0n) is 16.4. The Bertz CT molecular complexity index is 1100. The summed E-state index contributed by atoms with van der Waals surface area (Å²) in [5, 5.41) is 10.5. The van der Waals surface area contributed by atoms with Crippen molar-refractivity contribution in [2.45, 2.75) is 13.3 Å². The van der Waals surface area contributed by atoms with E-state index in [0.29, 0.717) is 5.56 Å². The standard InChI is InChI=1S/C24H23N3O2/c1-2-18-4-3-5-21-22(16-26-23(18)21)24(28)19(15-25)14-17-6-8-20(9-7-17)27-10-12-29-13-11-27/h3-9,14,16,26H,2,10-13H2,1H3/b19-14+. The Kier molecular flexibility index (Phi) is 5.46. The van der Waals surface area contributed by atoms with Gasteiger partial charge in [-0.25, -0.2) is 0 Å². The van der Waals surface area contributed by atoms with Crippen molar-refractivity contribution in [2.24, 2.45) is 0 Å². The van der Waals surface area contributed by atoms with E-state index in [9.17, 15) is 10.1 Å². The number of benzene rings is 2. The number of nitrogens with one attached hydrogen (secondary N) is 1. The zero-order valence-corrected chi connectivity index (χ0v) is 16.4. The maximum atomic E-state index is 13.0. The smallest absolute Gasteiger partial charge is 0.205 e. The molecule has 146 valence electrons. The number of ether oxygens (including phenoxy) is 1. The van der Waals surface area contributed by atoms with E-state index in [0.717, 1.165) is 60.4 Å². The van der Waals surface area contributed by atoms with Gasteiger partial charge in [-0.15, -0.1) is 0 Å². The van der Waals surface area contributed by atoms with Gasteiger partial charge in [0.05, 0.1) is 13.2 Å². The molecule has 0 amide bonds. The van der Waals surface area contributed by atoms with Gasteiger partial charge in [0.15, 0.2) is 0 Å². The summed E-state index contributed by atoms with van der Waals surface area (Å²) in [6, 6.07) is 15.9. The lowest BCUT2D eigenvalue weighted by molar-refractivity contribution is 0.104. The fourth-order valence-electron chi connectivity index (χ4n) is 3.76. The number of hydrogen-bond donors (Lipinski definition) is 1. The number of morpholine rings is 1. The molecule has 0 aliphatic carbocycles. The van der Waals surface area contributed by atoms with Crippen LogP contribution < -0.4 is 4.90 Å². The van der Waals surface area contributed by atoms with Gasteiger partial charge >= 0.3 is 0 Å². The molecule has 1 saturated heterocycles. The average Bonchev–Trinajstić information content (AvgIpc) is 3.22. The second kappa shape index (κ2) is 8.34. The molecule has 0 bridgehead atoms. The number of allylic oxidation sites excluding steroid dienone is 1. The van der Waals surface area contributed by atoms with Crippen LogP contribution in [0.15, 0.2) is 54.2 Å². The van der Waals surface area contributed by atoms with Crippen LogP contribution in [0.2, 0.25) is 0 Å². The van der Waals surface area contributed by atoms with Crippen molar-refractivity contribution in [3.05, 3.63) is 70.9 Å². The van der Waals surface area contributed by atoms with Crippen LogP contribution in [0.1, 0.15) is 28.4 Å². The first-order valence-corrected chi connectivity index (χ1v) is 9.89. The second-order valence-electron chi connectivity index (χ2n) is 7.09. The monoisotopic (exact) mass is 385 g/mol. The summed E-state index contributed by atoms with van der Waals surface area (Å²) >= 11 is 0. The molecule has 4 rings (SSSR count). The first-order chi connectivity index (χ1) is 14.2. The van der Waals surface area contributed by atoms with E-state index >= 15 is 0 Å². The minimum atomic E-state index is -0.260. The van der Waals surface area contributed by atoms with Crippen molar-refractivity contribution in [3.63, 3.8) is 0 Å². The van der Waals surface area contributed by atoms with Gasteiger partial charge in [0.25, 0.3) is 0 Å². The van der Waals surface area contributed by atoms with Crippen molar-refractivity contribution in [1.29, 1.82) is 5.26 Å². The highest BCUT2D eigenvalue weighted by Gasteiger charge is 2.18. The second-order valence-corrected chi connectivity index (χ2v) is 7.09. The van der Waals surface area contributed by atoms with Crippen molar-refractivity contribution >= 4 is 28.4 Å². The van der Waals surface area contributed by atoms with Crippen LogP contribution in [-0.2, 0) is 11.2 Å². The Hall–Kier alpha value is -3.36. The molecule has 2 aromatic carbocycles. The molecule has 2 heterocycles. The van der Waals surface area contributed by atoms with Crippen LogP contribution in [0.25, 0.3) is 17.0 Å². The van der Waals surface area contributed by atoms with E-state index in [-0.39, 0.29) is 11.4 Å². The Morgan fingerprint density at radius 2 is 1.97 bits per heavy atom. The van der Waals surface area contributed by atoms with Crippen LogP contribution in [-0.4, -0.2) is 37.1 Å². The molecule has 5 nitrogen and oxygen atoms in total. The van der Waals surface area contributed by atoms with E-state index in [1.165, 1.54) is 0 Å². The summed E-state index contributed by atoms with van der Waals surface area (Å²) < 4.78 is 5.39. The topological polar surface area (TPSA) is 69.1 Å². The Balaban J connectivity index is 1.61. The third kappa shape index (κ3) is 3.80. The summed E-state index contributed by atoms with van der Waals surface area (Å²) in [6.07, 6.45) is 4.24. The predicted molar refractivity (Wildman–Crippen MR) is 115 cm³/mol. The lowest BCUT2D eigenvalue weighted by Gasteiger charge is -2.28. The fourth-order valence-corrected chi connectivity index (χ4v) is 3.76. The van der Waals surface area contributed by atoms with Gasteiger partial charge in [-0.05, 0) is 35.8 Å². The number of aromatic nitrogens is 1. The number of nitriles is 1. The first-order valence-electron chi connectivity index (χ1n) is 9.89. The number of fused-ring (bicyclic) bond motifs is 1. The summed E-state index contributed by atoms with van der Waals surface area (Å²) in [6.45, 7) is 5.30. The van der Waals surface area contributed by atoms with Gasteiger partial charge in [0, 0.05) is 41.4 Å². The SMILES string of the molecule is CCc1cccc2c(C(=O)/C(C#N)=C/c3ccc(N4CCOCC4)cc3)c[nH]c12. The molecule has 1 aromatic heterocycles. The predicted octanol–water partition coefficient (Wildman–Crippen LogP) is 4.36. The van der Waals surface area contributed by atoms with E-state index in [1.54, 1.807) is 12.3 Å². The van der Waals surface area contributed by atoms with E-state index < -0.39 is 0 Å². The molecule has 29 heavy (non-hydrogen) atoms. The van der Waals surface area contributed by atoms with Gasteiger partial charge in [0.1, 0.15) is 11.6 Å². The number of ketones is 1. The first kappa shape index (κ1) is 19.0. The molecule has 0 unspecified atom stereocenters. The fraction of sp³-hybridized carbons (Fsp3) is 0.250. The average molecular weight is 385 g/mol. The summed E-state index contributed by atoms with van der Waals surface area (Å²) in [7, 11) is 0. The Morgan fingerprint density at radius 3 is 2.66 bits per heavy atom. The maximum absolute atomic E-state index is 13.0. The van der Waals surface area contributed by atoms with E-state index in [2.05, 4.69) is 22.9 Å². The van der Waals surface area contributed by atoms with Crippen LogP contribution in [0, 0.1) is 11.3 Å². The molecule has 0 saturated carbocycles. The third-order valence-electron chi connectivity index (χ3n) is 5.37. The van der Waals surface area contributed by atoms with E-state index in [4.69, 9.17) is 4.74 Å². The highest BCUT2D eigenvalue weighted by atomic mass is 16.5. The third-order valence-corrected chi connectivity index (χ3v) is 5.37. The number of H-pyrrole nitrogens is 1. The summed E-state index contributed by atoms with van der Waals surface area (Å²) in [5.41, 5.74) is 4.74. The largest absolute Gasteiger partial charge is 0.378 e. The molecule has 0 spiro atoms.